The van der Waals surface area contributed by atoms with E-state index < -0.39 is 0 Å². The number of rotatable bonds is 0. The van der Waals surface area contributed by atoms with E-state index in [-0.39, 0.29) is 48.1 Å². The number of fused-ring (bicyclic) bond motifs is 14. The van der Waals surface area contributed by atoms with Gasteiger partial charge >= 0.3 is 0 Å². The molecule has 2 amide bonds. The van der Waals surface area contributed by atoms with E-state index in [0.29, 0.717) is 12.8 Å². The van der Waals surface area contributed by atoms with E-state index in [4.69, 9.17) is 0 Å². The van der Waals surface area contributed by atoms with Crippen molar-refractivity contribution in [3.8, 4) is 0 Å². The number of piperazine rings is 2. The normalized spacial score (nSPS) is 31.6. The summed E-state index contributed by atoms with van der Waals surface area (Å²) in [6.07, 6.45) is 5.51. The van der Waals surface area contributed by atoms with E-state index in [1.165, 1.54) is 0 Å². The van der Waals surface area contributed by atoms with Crippen LogP contribution in [0.3, 0.4) is 0 Å². The number of benzene rings is 2. The molecule has 1 saturated carbocycles. The van der Waals surface area contributed by atoms with Crippen LogP contribution in [-0.2, 0) is 22.4 Å². The van der Waals surface area contributed by atoms with Gasteiger partial charge in [-0.2, -0.15) is 0 Å². The molecule has 8 bridgehead atoms. The molecule has 4 N–H and O–H groups in total. The molecule has 0 spiro atoms. The lowest BCUT2D eigenvalue weighted by Gasteiger charge is -2.59. The van der Waals surface area contributed by atoms with Gasteiger partial charge in [-0.25, -0.2) is 0 Å². The number of hydrogen-bond donors (Lipinski definition) is 4. The van der Waals surface area contributed by atoms with Gasteiger partial charge in [0.25, 0.3) is 0 Å². The number of hydrogen-bond acceptors (Lipinski definition) is 4. The molecule has 1 aliphatic carbocycles. The third-order valence-corrected chi connectivity index (χ3v) is 8.22. The summed E-state index contributed by atoms with van der Waals surface area (Å²) in [6.45, 7) is 0. The van der Waals surface area contributed by atoms with Crippen LogP contribution in [0.4, 0.5) is 0 Å². The van der Waals surface area contributed by atoms with Crippen LogP contribution in [0.2, 0.25) is 0 Å². The van der Waals surface area contributed by atoms with Gasteiger partial charge in [-0.1, -0.05) is 36.4 Å². The number of carbonyl (C=O) groups is 2. The predicted octanol–water partition coefficient (Wildman–Crippen LogP) is 0.670. The predicted molar refractivity (Wildman–Crippen MR) is 127 cm³/mol. The average Bonchev–Trinajstić information content (AvgIpc) is 3.39. The summed E-state index contributed by atoms with van der Waals surface area (Å²) in [5, 5.41) is 15.9. The van der Waals surface area contributed by atoms with Crippen molar-refractivity contribution in [3.63, 3.8) is 0 Å². The van der Waals surface area contributed by atoms with Crippen LogP contribution in [0.5, 0.6) is 0 Å². The maximum atomic E-state index is 13.0. The molecule has 4 aliphatic rings. The Bertz CT molecular complexity index is 1400. The minimum Gasteiger partial charge on any atom is -0.348 e. The summed E-state index contributed by atoms with van der Waals surface area (Å²) in [4.78, 5) is 26.1. The third-order valence-electron chi connectivity index (χ3n) is 8.22. The Morgan fingerprint density at radius 3 is 1.53 bits per heavy atom. The zero-order valence-corrected chi connectivity index (χ0v) is 18.4. The molecule has 5 heterocycles. The van der Waals surface area contributed by atoms with Gasteiger partial charge in [0, 0.05) is 35.2 Å². The van der Waals surface area contributed by atoms with Crippen LogP contribution in [0.15, 0.2) is 60.9 Å². The van der Waals surface area contributed by atoms with E-state index in [1.807, 2.05) is 12.1 Å². The first kappa shape index (κ1) is 18.8. The summed E-state index contributed by atoms with van der Waals surface area (Å²) in [5.74, 6) is -0.0117. The van der Waals surface area contributed by atoms with E-state index in [9.17, 15) is 9.59 Å². The molecular weight excluding hydrogens is 428 g/mol. The highest BCUT2D eigenvalue weighted by atomic mass is 16.2. The molecule has 8 rings (SSSR count). The van der Waals surface area contributed by atoms with Crippen LogP contribution in [0, 0.1) is 0 Å². The highest BCUT2D eigenvalue weighted by Crippen LogP contribution is 2.33. The molecule has 2 aromatic carbocycles. The smallest absolute Gasteiger partial charge is 0.237 e. The van der Waals surface area contributed by atoms with Crippen molar-refractivity contribution in [1.29, 1.82) is 0 Å². The Labute approximate surface area is 195 Å². The number of nitrogens with zero attached hydrogens (tertiary/aromatic N) is 2. The molecule has 8 nitrogen and oxygen atoms in total. The molecule has 4 aromatic rings. The minimum atomic E-state index is -0.320. The van der Waals surface area contributed by atoms with Crippen molar-refractivity contribution in [2.75, 3.05) is 0 Å². The van der Waals surface area contributed by atoms with Gasteiger partial charge in [-0.05, 0) is 36.1 Å². The highest BCUT2D eigenvalue weighted by molar-refractivity contribution is 5.91. The Morgan fingerprint density at radius 1 is 0.618 bits per heavy atom. The summed E-state index contributed by atoms with van der Waals surface area (Å²) in [6, 6.07) is 16.1. The van der Waals surface area contributed by atoms with E-state index in [0.717, 1.165) is 32.9 Å². The van der Waals surface area contributed by atoms with Crippen LogP contribution < -0.4 is 21.3 Å². The Morgan fingerprint density at radius 2 is 1.06 bits per heavy atom. The maximum Gasteiger partial charge on any atom is 0.237 e. The maximum absolute atomic E-state index is 13.0. The Kier molecular flexibility index (Phi) is 3.58. The molecule has 2 aromatic heterocycles. The molecule has 6 atom stereocenters. The topological polar surface area (TPSA) is 92.1 Å². The van der Waals surface area contributed by atoms with Gasteiger partial charge in [0.2, 0.25) is 11.8 Å². The summed E-state index contributed by atoms with van der Waals surface area (Å²) in [7, 11) is 0. The fourth-order valence-corrected chi connectivity index (χ4v) is 6.56. The first-order valence-electron chi connectivity index (χ1n) is 12.0. The highest BCUT2D eigenvalue weighted by Gasteiger charge is 2.58. The summed E-state index contributed by atoms with van der Waals surface area (Å²) >= 11 is 0. The van der Waals surface area contributed by atoms with Crippen molar-refractivity contribution in [2.24, 2.45) is 0 Å². The van der Waals surface area contributed by atoms with Gasteiger partial charge in [0.05, 0.1) is 35.2 Å². The fourth-order valence-electron chi connectivity index (χ4n) is 6.56. The molecule has 6 unspecified atom stereocenters. The molecule has 2 saturated heterocycles. The van der Waals surface area contributed by atoms with Gasteiger partial charge in [0.1, 0.15) is 0 Å². The van der Waals surface area contributed by atoms with Crippen LogP contribution >= 0.6 is 0 Å². The largest absolute Gasteiger partial charge is 0.348 e. The third kappa shape index (κ3) is 2.39. The second-order valence-electron chi connectivity index (χ2n) is 10.00. The zero-order chi connectivity index (χ0) is 22.6. The molecule has 0 radical (unpaired) electrons. The van der Waals surface area contributed by atoms with Crippen molar-refractivity contribution >= 4 is 33.6 Å². The molecular formula is C26H24N6O2. The Balaban J connectivity index is 1.37. The van der Waals surface area contributed by atoms with E-state index in [1.54, 1.807) is 0 Å². The van der Waals surface area contributed by atoms with E-state index >= 15 is 0 Å². The quantitative estimate of drug-likeness (QED) is 0.316. The average molecular weight is 453 g/mol. The number of nitrogens with one attached hydrogen (secondary N) is 4. The van der Waals surface area contributed by atoms with Crippen LogP contribution in [0.1, 0.15) is 11.1 Å². The molecule has 34 heavy (non-hydrogen) atoms. The standard InChI is InChI=1S/C26H24N6O2/c33-25-17-9-13-11-31(19-7-3-1-5-15(13)19)32-12-14(16-6-2-4-8-20(16)32)10-18-26(34)30-24-22(28-18)21(27-17)23(24)29-25/h1-8,11-12,17-18,21-24,27-28H,9-10H2,(H,29,33)(H,30,34). The SMILES string of the molecule is O=C1NC2C3NC(=O)C4Cc5cn(c6ccccc56)-n5cc(c6ccccc65)CC1NC2C3N4. The number of carbonyl (C=O) groups excluding carboxylic acids is 2. The molecule has 8 heteroatoms. The number of amides is 2. The van der Waals surface area contributed by atoms with Gasteiger partial charge in [-0.3, -0.25) is 29.6 Å². The lowest BCUT2D eigenvalue weighted by molar-refractivity contribution is -0.137. The molecule has 3 fully saturated rings. The summed E-state index contributed by atoms with van der Waals surface area (Å²) < 4.78 is 4.34. The first-order chi connectivity index (χ1) is 16.7. The van der Waals surface area contributed by atoms with Crippen LogP contribution in [0.25, 0.3) is 21.8 Å². The van der Waals surface area contributed by atoms with Gasteiger partial charge in [0.15, 0.2) is 0 Å². The number of para-hydroxylation sites is 2. The van der Waals surface area contributed by atoms with Crippen LogP contribution in [-0.4, -0.2) is 57.4 Å². The molecule has 170 valence electrons. The summed E-state index contributed by atoms with van der Waals surface area (Å²) in [5.41, 5.74) is 4.45. The second-order valence-corrected chi connectivity index (χ2v) is 10.00. The zero-order valence-electron chi connectivity index (χ0n) is 18.4. The van der Waals surface area contributed by atoms with Crippen molar-refractivity contribution < 1.29 is 9.59 Å². The lowest BCUT2D eigenvalue weighted by atomic mass is 9.70. The number of aromatic nitrogens is 2. The Hall–Kier alpha value is -3.62. The lowest BCUT2D eigenvalue weighted by Crippen LogP contribution is -2.89. The first-order valence-corrected chi connectivity index (χ1v) is 12.0. The monoisotopic (exact) mass is 452 g/mol. The molecule has 3 aliphatic heterocycles. The van der Waals surface area contributed by atoms with E-state index in [2.05, 4.69) is 79.4 Å². The van der Waals surface area contributed by atoms with Crippen molar-refractivity contribution in [2.45, 2.75) is 49.1 Å². The van der Waals surface area contributed by atoms with Crippen molar-refractivity contribution in [1.82, 2.24) is 30.6 Å². The minimum absolute atomic E-state index is 0.00584. The second kappa shape index (κ2) is 6.49. The van der Waals surface area contributed by atoms with Gasteiger partial charge < -0.3 is 10.6 Å². The fraction of sp³-hybridized carbons (Fsp3) is 0.308. The van der Waals surface area contributed by atoms with Crippen molar-refractivity contribution in [3.05, 3.63) is 72.1 Å². The van der Waals surface area contributed by atoms with Gasteiger partial charge in [-0.15, -0.1) is 0 Å².